The third kappa shape index (κ3) is 6.99. The van der Waals surface area contributed by atoms with Crippen LogP contribution >= 0.6 is 0 Å². The molecule has 0 fully saturated rings. The number of carbonyl (C=O) groups excluding carboxylic acids is 1. The molecule has 0 saturated carbocycles. The number of unbranched alkanes of at least 4 members (excludes halogenated alkanes) is 7. The number of hydrogen-bond acceptors (Lipinski definition) is 5. The summed E-state index contributed by atoms with van der Waals surface area (Å²) in [7, 11) is 0. The fourth-order valence-corrected chi connectivity index (χ4v) is 2.22. The normalized spacial score (nSPS) is 10.4. The van der Waals surface area contributed by atoms with Crippen LogP contribution in [0, 0.1) is 0 Å². The van der Waals surface area contributed by atoms with Crippen molar-refractivity contribution in [1.82, 2.24) is 14.5 Å². The van der Waals surface area contributed by atoms with E-state index in [-0.39, 0.29) is 0 Å². The molecule has 0 saturated heterocycles. The summed E-state index contributed by atoms with van der Waals surface area (Å²) in [5, 5.41) is 0. The molecule has 8 nitrogen and oxygen atoms in total. The first kappa shape index (κ1) is 17.8. The Balaban J connectivity index is 2.09. The second-order valence-corrected chi connectivity index (χ2v) is 5.14. The van der Waals surface area contributed by atoms with Crippen LogP contribution in [0.2, 0.25) is 0 Å². The first-order chi connectivity index (χ1) is 10.6. The second-order valence-electron chi connectivity index (χ2n) is 5.14. The lowest BCUT2D eigenvalue weighted by Crippen LogP contribution is -2.43. The highest BCUT2D eigenvalue weighted by molar-refractivity contribution is 5.32. The van der Waals surface area contributed by atoms with E-state index >= 15 is 0 Å². The lowest BCUT2D eigenvalue weighted by Gasteiger charge is -2.03. The van der Waals surface area contributed by atoms with Gasteiger partial charge in [0.15, 0.2) is 0 Å². The van der Waals surface area contributed by atoms with E-state index in [0.717, 1.165) is 55.9 Å². The summed E-state index contributed by atoms with van der Waals surface area (Å²) in [6.45, 7) is 0.876. The molecular weight excluding hydrogens is 288 g/mol. The third-order valence-electron chi connectivity index (χ3n) is 3.40. The van der Waals surface area contributed by atoms with Gasteiger partial charge in [-0.2, -0.15) is 0 Å². The zero-order valence-electron chi connectivity index (χ0n) is 12.6. The molecule has 0 bridgehead atoms. The number of hydrogen-bond donors (Lipinski definition) is 2. The van der Waals surface area contributed by atoms with Crippen LogP contribution in [0.4, 0.5) is 0 Å². The van der Waals surface area contributed by atoms with Gasteiger partial charge in [-0.05, 0) is 12.8 Å². The van der Waals surface area contributed by atoms with Gasteiger partial charge in [-0.3, -0.25) is 9.97 Å². The SMILES string of the molecule is O=C=NCCCCCCCCCCn1c(=O)[nH]c(=O)[nH]c1=O. The highest BCUT2D eigenvalue weighted by Gasteiger charge is 2.02. The monoisotopic (exact) mass is 310 g/mol. The van der Waals surface area contributed by atoms with E-state index in [1.165, 1.54) is 6.08 Å². The van der Waals surface area contributed by atoms with E-state index in [1.807, 2.05) is 9.97 Å². The molecule has 1 aromatic heterocycles. The topological polar surface area (TPSA) is 117 Å². The van der Waals surface area contributed by atoms with Crippen LogP contribution in [-0.4, -0.2) is 27.2 Å². The Morgan fingerprint density at radius 1 is 0.818 bits per heavy atom. The van der Waals surface area contributed by atoms with Crippen molar-refractivity contribution in [2.75, 3.05) is 6.54 Å². The van der Waals surface area contributed by atoms with E-state index in [9.17, 15) is 19.2 Å². The number of nitrogens with one attached hydrogen (secondary N) is 2. The minimum atomic E-state index is -0.773. The molecule has 22 heavy (non-hydrogen) atoms. The molecule has 1 aromatic rings. The molecule has 0 radical (unpaired) electrons. The van der Waals surface area contributed by atoms with Crippen molar-refractivity contribution < 1.29 is 4.79 Å². The van der Waals surface area contributed by atoms with Gasteiger partial charge in [-0.25, -0.2) is 28.7 Å². The summed E-state index contributed by atoms with van der Waals surface area (Å²) in [4.78, 5) is 51.1. The van der Waals surface area contributed by atoms with Gasteiger partial charge in [-0.15, -0.1) is 0 Å². The number of H-pyrrole nitrogens is 2. The fraction of sp³-hybridized carbons (Fsp3) is 0.714. The number of rotatable bonds is 11. The molecule has 2 N–H and O–H groups in total. The van der Waals surface area contributed by atoms with Crippen LogP contribution in [0.5, 0.6) is 0 Å². The number of nitrogens with zero attached hydrogens (tertiary/aromatic N) is 2. The van der Waals surface area contributed by atoms with Gasteiger partial charge < -0.3 is 0 Å². The first-order valence-electron chi connectivity index (χ1n) is 7.62. The molecule has 8 heteroatoms. The third-order valence-corrected chi connectivity index (χ3v) is 3.40. The van der Waals surface area contributed by atoms with Crippen LogP contribution in [-0.2, 0) is 11.3 Å². The molecule has 0 aliphatic heterocycles. The maximum atomic E-state index is 11.4. The van der Waals surface area contributed by atoms with Crippen molar-refractivity contribution in [3.05, 3.63) is 31.5 Å². The second kappa shape index (κ2) is 10.5. The highest BCUT2D eigenvalue weighted by Crippen LogP contribution is 2.08. The minimum absolute atomic E-state index is 0.314. The van der Waals surface area contributed by atoms with Crippen LogP contribution in [0.25, 0.3) is 0 Å². The molecular formula is C14H22N4O4. The Morgan fingerprint density at radius 3 is 1.86 bits per heavy atom. The van der Waals surface area contributed by atoms with Crippen molar-refractivity contribution in [3.63, 3.8) is 0 Å². The maximum Gasteiger partial charge on any atom is 0.333 e. The smallest absolute Gasteiger partial charge is 0.259 e. The molecule has 0 aromatic carbocycles. The average molecular weight is 310 g/mol. The molecule has 122 valence electrons. The largest absolute Gasteiger partial charge is 0.333 e. The number of aromatic amines is 2. The lowest BCUT2D eigenvalue weighted by molar-refractivity contribution is 0.514. The summed E-state index contributed by atoms with van der Waals surface area (Å²) >= 11 is 0. The Morgan fingerprint density at radius 2 is 1.32 bits per heavy atom. The van der Waals surface area contributed by atoms with Gasteiger partial charge >= 0.3 is 17.1 Å². The van der Waals surface area contributed by atoms with Gasteiger partial charge in [-0.1, -0.05) is 38.5 Å². The van der Waals surface area contributed by atoms with Crippen molar-refractivity contribution in [2.24, 2.45) is 4.99 Å². The minimum Gasteiger partial charge on any atom is -0.259 e. The molecule has 0 unspecified atom stereocenters. The van der Waals surface area contributed by atoms with Gasteiger partial charge in [0.05, 0.1) is 6.54 Å². The van der Waals surface area contributed by atoms with E-state index < -0.39 is 17.1 Å². The predicted molar refractivity (Wildman–Crippen MR) is 81.9 cm³/mol. The standard InChI is InChI=1S/C14H22N4O4/c19-11-15-9-7-5-3-1-2-4-6-8-10-18-13(21)16-12(20)17-14(18)22/h1-10H2,(H2,16,17,20,21,22). The number of aliphatic imine (C=N–C) groups is 1. The van der Waals surface area contributed by atoms with Crippen molar-refractivity contribution >= 4 is 6.08 Å². The van der Waals surface area contributed by atoms with Gasteiger partial charge in [0.2, 0.25) is 6.08 Å². The summed E-state index contributed by atoms with van der Waals surface area (Å²) in [6.07, 6.45) is 9.56. The van der Waals surface area contributed by atoms with E-state index in [0.29, 0.717) is 13.1 Å². The average Bonchev–Trinajstić information content (AvgIpc) is 2.46. The van der Waals surface area contributed by atoms with Gasteiger partial charge in [0.25, 0.3) is 0 Å². The summed E-state index contributed by atoms with van der Waals surface area (Å²) in [6, 6.07) is 0. The van der Waals surface area contributed by atoms with E-state index in [2.05, 4.69) is 4.99 Å². The maximum absolute atomic E-state index is 11.4. The van der Waals surface area contributed by atoms with Gasteiger partial charge in [0.1, 0.15) is 0 Å². The first-order valence-corrected chi connectivity index (χ1v) is 7.62. The van der Waals surface area contributed by atoms with Crippen LogP contribution in [0.1, 0.15) is 51.4 Å². The predicted octanol–water partition coefficient (Wildman–Crippen LogP) is 0.682. The van der Waals surface area contributed by atoms with Crippen LogP contribution < -0.4 is 17.1 Å². The summed E-state index contributed by atoms with van der Waals surface area (Å²) < 4.78 is 1.01. The zero-order valence-corrected chi connectivity index (χ0v) is 12.6. The van der Waals surface area contributed by atoms with E-state index in [4.69, 9.17) is 0 Å². The summed E-state index contributed by atoms with van der Waals surface area (Å²) in [5.41, 5.74) is -2.09. The quantitative estimate of drug-likeness (QED) is 0.355. The Kier molecular flexibility index (Phi) is 8.52. The lowest BCUT2D eigenvalue weighted by atomic mass is 10.1. The zero-order chi connectivity index (χ0) is 16.2. The van der Waals surface area contributed by atoms with Gasteiger partial charge in [0, 0.05) is 6.54 Å². The molecule has 0 amide bonds. The molecule has 0 atom stereocenters. The van der Waals surface area contributed by atoms with E-state index in [1.54, 1.807) is 0 Å². The van der Waals surface area contributed by atoms with Crippen molar-refractivity contribution in [2.45, 2.75) is 57.9 Å². The molecule has 1 heterocycles. The molecule has 1 rings (SSSR count). The Hall–Kier alpha value is -2.21. The molecule has 0 aliphatic rings. The molecule has 0 aliphatic carbocycles. The van der Waals surface area contributed by atoms with Crippen molar-refractivity contribution in [1.29, 1.82) is 0 Å². The number of aromatic nitrogens is 3. The number of isocyanates is 1. The highest BCUT2D eigenvalue weighted by atomic mass is 16.2. The Labute approximate surface area is 127 Å². The molecule has 0 spiro atoms. The Bertz CT molecular complexity index is 618. The van der Waals surface area contributed by atoms with Crippen molar-refractivity contribution in [3.8, 4) is 0 Å². The van der Waals surface area contributed by atoms with Crippen LogP contribution in [0.3, 0.4) is 0 Å². The summed E-state index contributed by atoms with van der Waals surface area (Å²) in [5.74, 6) is 0. The van der Waals surface area contributed by atoms with Crippen LogP contribution in [0.15, 0.2) is 19.4 Å². The fourth-order valence-electron chi connectivity index (χ4n) is 2.22.